The average molecular weight is 247 g/mol. The Labute approximate surface area is 98.8 Å². The molecule has 0 atom stereocenters. The molecule has 0 bridgehead atoms. The Morgan fingerprint density at radius 3 is 2.07 bits per heavy atom. The van der Waals surface area contributed by atoms with E-state index in [1.165, 1.54) is 0 Å². The lowest BCUT2D eigenvalue weighted by Gasteiger charge is -2.10. The van der Waals surface area contributed by atoms with Gasteiger partial charge in [-0.15, -0.1) is 23.2 Å². The number of carbonyl (C=O) groups is 1. The Morgan fingerprint density at radius 2 is 1.73 bits per heavy atom. The van der Waals surface area contributed by atoms with Gasteiger partial charge >= 0.3 is 5.97 Å². The molecular formula is C11H12Cl2O2. The first-order valence-electron chi connectivity index (χ1n) is 4.53. The normalized spacial score (nSPS) is 10.3. The van der Waals surface area contributed by atoms with Crippen LogP contribution in [-0.4, -0.2) is 11.1 Å². The van der Waals surface area contributed by atoms with Crippen LogP contribution in [-0.2, 0) is 23.0 Å². The maximum Gasteiger partial charge on any atom is 0.307 e. The smallest absolute Gasteiger partial charge is 0.307 e. The molecule has 0 aromatic heterocycles. The van der Waals surface area contributed by atoms with E-state index in [0.717, 1.165) is 22.3 Å². The van der Waals surface area contributed by atoms with Crippen molar-refractivity contribution in [1.82, 2.24) is 0 Å². The average Bonchev–Trinajstić information content (AvgIpc) is 2.19. The third kappa shape index (κ3) is 3.11. The summed E-state index contributed by atoms with van der Waals surface area (Å²) in [5.41, 5.74) is 3.70. The molecule has 0 spiro atoms. The number of hydrogen-bond acceptors (Lipinski definition) is 1. The van der Waals surface area contributed by atoms with Crippen LogP contribution < -0.4 is 0 Å². The van der Waals surface area contributed by atoms with Crippen molar-refractivity contribution in [3.8, 4) is 0 Å². The van der Waals surface area contributed by atoms with Gasteiger partial charge in [0.15, 0.2) is 0 Å². The van der Waals surface area contributed by atoms with Crippen molar-refractivity contribution >= 4 is 29.2 Å². The number of benzene rings is 1. The summed E-state index contributed by atoms with van der Waals surface area (Å²) in [6.07, 6.45) is 0.00799. The summed E-state index contributed by atoms with van der Waals surface area (Å²) in [6, 6.07) is 3.65. The van der Waals surface area contributed by atoms with E-state index in [2.05, 4.69) is 0 Å². The summed E-state index contributed by atoms with van der Waals surface area (Å²) in [5, 5.41) is 8.70. The zero-order chi connectivity index (χ0) is 11.4. The molecule has 0 heterocycles. The van der Waals surface area contributed by atoms with Gasteiger partial charge in [0.25, 0.3) is 0 Å². The zero-order valence-corrected chi connectivity index (χ0v) is 9.90. The summed E-state index contributed by atoms with van der Waals surface area (Å²) >= 11 is 11.6. The molecular weight excluding hydrogens is 235 g/mol. The van der Waals surface area contributed by atoms with Crippen molar-refractivity contribution in [2.45, 2.75) is 25.1 Å². The Hall–Kier alpha value is -0.730. The molecule has 82 valence electrons. The van der Waals surface area contributed by atoms with Crippen LogP contribution in [0, 0.1) is 6.92 Å². The quantitative estimate of drug-likeness (QED) is 0.830. The lowest BCUT2D eigenvalue weighted by molar-refractivity contribution is -0.136. The number of hydrogen-bond donors (Lipinski definition) is 1. The first-order valence-corrected chi connectivity index (χ1v) is 5.60. The third-order valence-corrected chi connectivity index (χ3v) is 2.90. The fraction of sp³-hybridized carbons (Fsp3) is 0.364. The van der Waals surface area contributed by atoms with E-state index in [9.17, 15) is 4.79 Å². The minimum absolute atomic E-state index is 0.00799. The van der Waals surface area contributed by atoms with E-state index >= 15 is 0 Å². The Kier molecular flexibility index (Phi) is 4.43. The van der Waals surface area contributed by atoms with E-state index in [1.54, 1.807) is 0 Å². The van der Waals surface area contributed by atoms with Crippen LogP contribution in [0.5, 0.6) is 0 Å². The van der Waals surface area contributed by atoms with Crippen molar-refractivity contribution in [3.05, 3.63) is 34.4 Å². The number of aliphatic carboxylic acids is 1. The summed E-state index contributed by atoms with van der Waals surface area (Å²) in [4.78, 5) is 10.6. The standard InChI is InChI=1S/C11H12Cl2O2/c1-7-9(5-12)2-8(4-11(14)15)3-10(7)6-13/h2-3H,4-6H2,1H3,(H,14,15). The number of carboxylic acids is 1. The molecule has 1 aromatic rings. The molecule has 1 N–H and O–H groups in total. The minimum Gasteiger partial charge on any atom is -0.481 e. The number of alkyl halides is 2. The van der Waals surface area contributed by atoms with Gasteiger partial charge in [0.1, 0.15) is 0 Å². The Balaban J connectivity index is 3.14. The van der Waals surface area contributed by atoms with E-state index in [-0.39, 0.29) is 6.42 Å². The monoisotopic (exact) mass is 246 g/mol. The first kappa shape index (κ1) is 12.3. The molecule has 0 saturated carbocycles. The number of halogens is 2. The van der Waals surface area contributed by atoms with Gasteiger partial charge in [-0.3, -0.25) is 4.79 Å². The van der Waals surface area contributed by atoms with E-state index < -0.39 is 5.97 Å². The van der Waals surface area contributed by atoms with Crippen LogP contribution in [0.3, 0.4) is 0 Å². The molecule has 0 fully saturated rings. The van der Waals surface area contributed by atoms with E-state index in [4.69, 9.17) is 28.3 Å². The molecule has 0 aliphatic heterocycles. The molecule has 0 aliphatic rings. The number of carboxylic acid groups (broad SMARTS) is 1. The highest BCUT2D eigenvalue weighted by molar-refractivity contribution is 6.18. The first-order chi connectivity index (χ1) is 7.08. The molecule has 0 amide bonds. The molecule has 0 saturated heterocycles. The fourth-order valence-corrected chi connectivity index (χ4v) is 2.02. The van der Waals surface area contributed by atoms with Gasteiger partial charge in [-0.1, -0.05) is 12.1 Å². The molecule has 0 radical (unpaired) electrons. The highest BCUT2D eigenvalue weighted by Crippen LogP contribution is 2.20. The largest absolute Gasteiger partial charge is 0.481 e. The molecule has 0 aliphatic carbocycles. The van der Waals surface area contributed by atoms with Gasteiger partial charge < -0.3 is 5.11 Å². The molecule has 15 heavy (non-hydrogen) atoms. The van der Waals surface area contributed by atoms with Crippen LogP contribution in [0.2, 0.25) is 0 Å². The molecule has 1 aromatic carbocycles. The zero-order valence-electron chi connectivity index (χ0n) is 8.39. The third-order valence-electron chi connectivity index (χ3n) is 2.33. The predicted octanol–water partition coefficient (Wildman–Crippen LogP) is 3.10. The lowest BCUT2D eigenvalue weighted by atomic mass is 9.99. The lowest BCUT2D eigenvalue weighted by Crippen LogP contribution is -2.03. The second kappa shape index (κ2) is 5.38. The van der Waals surface area contributed by atoms with Crippen LogP contribution in [0.25, 0.3) is 0 Å². The molecule has 1 rings (SSSR count). The van der Waals surface area contributed by atoms with Crippen molar-refractivity contribution in [2.75, 3.05) is 0 Å². The van der Waals surface area contributed by atoms with Gasteiger partial charge in [-0.25, -0.2) is 0 Å². The van der Waals surface area contributed by atoms with Crippen molar-refractivity contribution < 1.29 is 9.90 Å². The summed E-state index contributed by atoms with van der Waals surface area (Å²) < 4.78 is 0. The van der Waals surface area contributed by atoms with Crippen molar-refractivity contribution in [3.63, 3.8) is 0 Å². The van der Waals surface area contributed by atoms with Crippen LogP contribution in [0.1, 0.15) is 22.3 Å². The Morgan fingerprint density at radius 1 is 1.27 bits per heavy atom. The second-order valence-electron chi connectivity index (χ2n) is 3.38. The fourth-order valence-electron chi connectivity index (χ4n) is 1.47. The molecule has 2 nitrogen and oxygen atoms in total. The number of rotatable bonds is 4. The highest BCUT2D eigenvalue weighted by Gasteiger charge is 2.08. The summed E-state index contributed by atoms with van der Waals surface area (Å²) in [5.74, 6) is -0.0910. The Bertz CT molecular complexity index is 350. The topological polar surface area (TPSA) is 37.3 Å². The van der Waals surface area contributed by atoms with Crippen LogP contribution in [0.15, 0.2) is 12.1 Å². The summed E-state index contributed by atoms with van der Waals surface area (Å²) in [6.45, 7) is 1.94. The second-order valence-corrected chi connectivity index (χ2v) is 3.91. The van der Waals surface area contributed by atoms with Crippen LogP contribution in [0.4, 0.5) is 0 Å². The van der Waals surface area contributed by atoms with Crippen molar-refractivity contribution in [2.24, 2.45) is 0 Å². The van der Waals surface area contributed by atoms with Gasteiger partial charge in [0.05, 0.1) is 6.42 Å². The molecule has 0 unspecified atom stereocenters. The van der Waals surface area contributed by atoms with E-state index in [1.807, 2.05) is 19.1 Å². The van der Waals surface area contributed by atoms with Gasteiger partial charge in [0, 0.05) is 11.8 Å². The van der Waals surface area contributed by atoms with Crippen molar-refractivity contribution in [1.29, 1.82) is 0 Å². The SMILES string of the molecule is Cc1c(CCl)cc(CC(=O)O)cc1CCl. The van der Waals surface area contributed by atoms with Gasteiger partial charge in [0.2, 0.25) is 0 Å². The summed E-state index contributed by atoms with van der Waals surface area (Å²) in [7, 11) is 0. The minimum atomic E-state index is -0.847. The maximum absolute atomic E-state index is 10.6. The van der Waals surface area contributed by atoms with E-state index in [0.29, 0.717) is 11.8 Å². The highest BCUT2D eigenvalue weighted by atomic mass is 35.5. The predicted molar refractivity (Wildman–Crippen MR) is 61.6 cm³/mol. The van der Waals surface area contributed by atoms with Gasteiger partial charge in [-0.05, 0) is 29.2 Å². The molecule has 4 heteroatoms. The maximum atomic E-state index is 10.6. The van der Waals surface area contributed by atoms with Crippen LogP contribution >= 0.6 is 23.2 Å². The van der Waals surface area contributed by atoms with Gasteiger partial charge in [-0.2, -0.15) is 0 Å².